The number of nitrogens with one attached hydrogen (secondary N) is 1. The summed E-state index contributed by atoms with van der Waals surface area (Å²) in [5.74, 6) is 1.63. The van der Waals surface area contributed by atoms with Crippen LogP contribution in [0.4, 0.5) is 5.69 Å². The summed E-state index contributed by atoms with van der Waals surface area (Å²) in [6.45, 7) is 3.94. The minimum atomic E-state index is -0.0758. The lowest BCUT2D eigenvalue weighted by atomic mass is 10.1. The van der Waals surface area contributed by atoms with Crippen molar-refractivity contribution < 1.29 is 9.53 Å². The second-order valence-electron chi connectivity index (χ2n) is 5.88. The summed E-state index contributed by atoms with van der Waals surface area (Å²) in [6, 6.07) is 15.5. The van der Waals surface area contributed by atoms with E-state index < -0.39 is 0 Å². The number of anilines is 1. The zero-order valence-electron chi connectivity index (χ0n) is 15.6. The van der Waals surface area contributed by atoms with Crippen molar-refractivity contribution in [2.24, 2.45) is 0 Å². The number of aromatic nitrogens is 3. The van der Waals surface area contributed by atoms with Crippen LogP contribution in [-0.4, -0.2) is 33.5 Å². The normalized spacial score (nSPS) is 10.6. The fraction of sp³-hybridized carbons (Fsp3) is 0.250. The van der Waals surface area contributed by atoms with Gasteiger partial charge < -0.3 is 10.1 Å². The molecule has 0 atom stereocenters. The van der Waals surface area contributed by atoms with Crippen molar-refractivity contribution in [2.45, 2.75) is 25.4 Å². The molecule has 0 saturated carbocycles. The maximum Gasteiger partial charge on any atom is 0.234 e. The Balaban J connectivity index is 1.75. The smallest absolute Gasteiger partial charge is 0.234 e. The highest BCUT2D eigenvalue weighted by molar-refractivity contribution is 7.99. The van der Waals surface area contributed by atoms with E-state index in [-0.39, 0.29) is 11.7 Å². The van der Waals surface area contributed by atoms with Crippen molar-refractivity contribution in [3.8, 4) is 11.4 Å². The van der Waals surface area contributed by atoms with Gasteiger partial charge in [-0.25, -0.2) is 0 Å². The Kier molecular flexibility index (Phi) is 6.13. The predicted molar refractivity (Wildman–Crippen MR) is 108 cm³/mol. The summed E-state index contributed by atoms with van der Waals surface area (Å²) < 4.78 is 7.34. The average Bonchev–Trinajstić information content (AvgIpc) is 3.07. The third kappa shape index (κ3) is 4.31. The van der Waals surface area contributed by atoms with E-state index in [0.717, 1.165) is 34.9 Å². The third-order valence-electron chi connectivity index (χ3n) is 4.13. The highest BCUT2D eigenvalue weighted by Gasteiger charge is 2.16. The van der Waals surface area contributed by atoms with E-state index in [9.17, 15) is 4.79 Å². The molecule has 3 rings (SSSR count). The van der Waals surface area contributed by atoms with Crippen LogP contribution in [0.1, 0.15) is 18.3 Å². The molecule has 1 amide bonds. The Morgan fingerprint density at radius 1 is 1.15 bits per heavy atom. The van der Waals surface area contributed by atoms with Crippen LogP contribution in [0.15, 0.2) is 53.7 Å². The number of carbonyl (C=O) groups is 1. The second-order valence-corrected chi connectivity index (χ2v) is 6.83. The molecule has 0 spiro atoms. The molecule has 0 saturated heterocycles. The first-order valence-electron chi connectivity index (χ1n) is 8.70. The molecule has 3 aromatic rings. The van der Waals surface area contributed by atoms with Crippen molar-refractivity contribution in [2.75, 3.05) is 18.2 Å². The average molecular weight is 382 g/mol. The minimum Gasteiger partial charge on any atom is -0.495 e. The van der Waals surface area contributed by atoms with Gasteiger partial charge >= 0.3 is 0 Å². The van der Waals surface area contributed by atoms with Crippen molar-refractivity contribution in [1.82, 2.24) is 14.8 Å². The van der Waals surface area contributed by atoms with Crippen LogP contribution in [0.2, 0.25) is 0 Å². The number of nitrogens with zero attached hydrogens (tertiary/aromatic N) is 3. The molecule has 1 aromatic heterocycles. The summed E-state index contributed by atoms with van der Waals surface area (Å²) >= 11 is 1.34. The van der Waals surface area contributed by atoms with Gasteiger partial charge in [-0.15, -0.1) is 10.2 Å². The number of carbonyl (C=O) groups excluding carboxylic acids is 1. The summed E-state index contributed by atoms with van der Waals surface area (Å²) in [7, 11) is 1.63. The fourth-order valence-electron chi connectivity index (χ4n) is 2.80. The van der Waals surface area contributed by atoms with E-state index in [1.165, 1.54) is 11.8 Å². The Bertz CT molecular complexity index is 939. The zero-order chi connectivity index (χ0) is 19.2. The van der Waals surface area contributed by atoms with Crippen molar-refractivity contribution >= 4 is 23.4 Å². The Morgan fingerprint density at radius 3 is 2.67 bits per heavy atom. The number of para-hydroxylation sites is 3. The molecular weight excluding hydrogens is 360 g/mol. The molecule has 1 heterocycles. The number of ether oxygens (including phenoxy) is 1. The van der Waals surface area contributed by atoms with Gasteiger partial charge in [0, 0.05) is 5.69 Å². The number of amides is 1. The first-order chi connectivity index (χ1) is 13.1. The quantitative estimate of drug-likeness (QED) is 0.628. The fourth-order valence-corrected chi connectivity index (χ4v) is 3.59. The van der Waals surface area contributed by atoms with Crippen LogP contribution in [-0.2, 0) is 11.2 Å². The molecule has 1 N–H and O–H groups in total. The SMILES string of the molecule is CCc1ccccc1NC(=O)CSc1nnc(C)n1-c1ccccc1OC. The van der Waals surface area contributed by atoms with E-state index in [1.54, 1.807) is 7.11 Å². The van der Waals surface area contributed by atoms with Gasteiger partial charge in [-0.1, -0.05) is 49.0 Å². The van der Waals surface area contributed by atoms with E-state index in [0.29, 0.717) is 5.16 Å². The molecule has 0 aliphatic heterocycles. The number of hydrogen-bond acceptors (Lipinski definition) is 5. The van der Waals surface area contributed by atoms with E-state index in [1.807, 2.05) is 60.0 Å². The van der Waals surface area contributed by atoms with E-state index in [4.69, 9.17) is 4.74 Å². The van der Waals surface area contributed by atoms with Gasteiger partial charge in [-0.2, -0.15) is 0 Å². The van der Waals surface area contributed by atoms with Crippen LogP contribution >= 0.6 is 11.8 Å². The molecule has 6 nitrogen and oxygen atoms in total. The second kappa shape index (κ2) is 8.73. The van der Waals surface area contributed by atoms with E-state index in [2.05, 4.69) is 22.4 Å². The molecule has 7 heteroatoms. The number of rotatable bonds is 7. The van der Waals surface area contributed by atoms with Crippen LogP contribution < -0.4 is 10.1 Å². The Morgan fingerprint density at radius 2 is 1.89 bits per heavy atom. The zero-order valence-corrected chi connectivity index (χ0v) is 16.4. The summed E-state index contributed by atoms with van der Waals surface area (Å²) in [5.41, 5.74) is 2.82. The number of thioether (sulfide) groups is 1. The molecule has 27 heavy (non-hydrogen) atoms. The van der Waals surface area contributed by atoms with Gasteiger partial charge in [0.1, 0.15) is 11.6 Å². The van der Waals surface area contributed by atoms with Crippen LogP contribution in [0.3, 0.4) is 0 Å². The van der Waals surface area contributed by atoms with Crippen molar-refractivity contribution in [3.05, 3.63) is 59.9 Å². The van der Waals surface area contributed by atoms with Gasteiger partial charge in [-0.3, -0.25) is 9.36 Å². The largest absolute Gasteiger partial charge is 0.495 e. The molecule has 0 radical (unpaired) electrons. The summed E-state index contributed by atoms with van der Waals surface area (Å²) in [4.78, 5) is 12.4. The Hall–Kier alpha value is -2.80. The lowest BCUT2D eigenvalue weighted by Crippen LogP contribution is -2.15. The molecule has 0 bridgehead atoms. The first-order valence-corrected chi connectivity index (χ1v) is 9.68. The number of hydrogen-bond donors (Lipinski definition) is 1. The highest BCUT2D eigenvalue weighted by atomic mass is 32.2. The molecule has 0 aliphatic rings. The number of aryl methyl sites for hydroxylation is 2. The number of benzene rings is 2. The Labute approximate surface area is 163 Å². The minimum absolute atomic E-state index is 0.0758. The summed E-state index contributed by atoms with van der Waals surface area (Å²) in [5, 5.41) is 12.0. The van der Waals surface area contributed by atoms with Gasteiger partial charge in [-0.05, 0) is 37.1 Å². The van der Waals surface area contributed by atoms with Crippen molar-refractivity contribution in [3.63, 3.8) is 0 Å². The standard InChI is InChI=1S/C20H22N4O2S/c1-4-15-9-5-6-10-16(15)21-19(25)13-27-20-23-22-14(2)24(20)17-11-7-8-12-18(17)26-3/h5-12H,4,13H2,1-3H3,(H,21,25). The number of methoxy groups -OCH3 is 1. The maximum absolute atomic E-state index is 12.4. The lowest BCUT2D eigenvalue weighted by molar-refractivity contribution is -0.113. The highest BCUT2D eigenvalue weighted by Crippen LogP contribution is 2.28. The maximum atomic E-state index is 12.4. The van der Waals surface area contributed by atoms with Gasteiger partial charge in [0.05, 0.1) is 18.6 Å². The molecule has 140 valence electrons. The molecule has 2 aromatic carbocycles. The predicted octanol–water partition coefficient (Wildman–Crippen LogP) is 3.88. The molecular formula is C20H22N4O2S. The summed E-state index contributed by atoms with van der Waals surface area (Å²) in [6.07, 6.45) is 0.866. The topological polar surface area (TPSA) is 69.0 Å². The molecule has 0 aliphatic carbocycles. The monoisotopic (exact) mass is 382 g/mol. The molecule has 0 fully saturated rings. The van der Waals surface area contributed by atoms with Crippen LogP contribution in [0, 0.1) is 6.92 Å². The molecule has 0 unspecified atom stereocenters. The first kappa shape index (κ1) is 19.0. The van der Waals surface area contributed by atoms with Gasteiger partial charge in [0.15, 0.2) is 5.16 Å². The van der Waals surface area contributed by atoms with Crippen LogP contribution in [0.5, 0.6) is 5.75 Å². The van der Waals surface area contributed by atoms with E-state index >= 15 is 0 Å². The third-order valence-corrected chi connectivity index (χ3v) is 5.05. The van der Waals surface area contributed by atoms with Gasteiger partial charge in [0.2, 0.25) is 5.91 Å². The lowest BCUT2D eigenvalue weighted by Gasteiger charge is -2.12. The van der Waals surface area contributed by atoms with Gasteiger partial charge in [0.25, 0.3) is 0 Å². The van der Waals surface area contributed by atoms with Crippen molar-refractivity contribution in [1.29, 1.82) is 0 Å². The van der Waals surface area contributed by atoms with Crippen LogP contribution in [0.25, 0.3) is 5.69 Å².